The molecule has 7 nitrogen and oxygen atoms in total. The number of nitrogens with one attached hydrogen (secondary N) is 1. The van der Waals surface area contributed by atoms with Gasteiger partial charge in [0.1, 0.15) is 5.82 Å². The van der Waals surface area contributed by atoms with E-state index in [0.717, 1.165) is 60.7 Å². The highest BCUT2D eigenvalue weighted by Crippen LogP contribution is 2.30. The van der Waals surface area contributed by atoms with Crippen molar-refractivity contribution in [2.24, 2.45) is 5.73 Å². The van der Waals surface area contributed by atoms with Gasteiger partial charge in [-0.3, -0.25) is 14.7 Å². The molecule has 2 aromatic carbocycles. The van der Waals surface area contributed by atoms with Gasteiger partial charge in [-0.1, -0.05) is 51.1 Å². The monoisotopic (exact) mass is 468 g/mol. The highest BCUT2D eigenvalue weighted by Gasteiger charge is 2.21. The molecule has 2 aromatic heterocycles. The Hall–Kier alpha value is -3.71. The van der Waals surface area contributed by atoms with Crippen LogP contribution in [0.3, 0.4) is 0 Å². The van der Waals surface area contributed by atoms with Crippen molar-refractivity contribution in [1.82, 2.24) is 19.9 Å². The van der Waals surface area contributed by atoms with Crippen molar-refractivity contribution >= 4 is 22.6 Å². The number of benzene rings is 2. The van der Waals surface area contributed by atoms with Crippen LogP contribution in [0.15, 0.2) is 60.9 Å². The van der Waals surface area contributed by atoms with Crippen molar-refractivity contribution in [2.45, 2.75) is 32.7 Å². The molecule has 3 heterocycles. The number of pyridine rings is 1. The van der Waals surface area contributed by atoms with E-state index < -0.39 is 5.91 Å². The van der Waals surface area contributed by atoms with Crippen LogP contribution in [-0.2, 0) is 12.0 Å². The number of carbonyl (C=O) groups excluding carboxylic acids is 1. The number of aromatic nitrogens is 3. The molecule has 7 heteroatoms. The first-order valence-corrected chi connectivity index (χ1v) is 12.1. The normalized spacial score (nSPS) is 15.0. The molecule has 0 atom stereocenters. The van der Waals surface area contributed by atoms with Gasteiger partial charge in [-0.05, 0) is 34.7 Å². The van der Waals surface area contributed by atoms with Crippen molar-refractivity contribution in [3.8, 4) is 11.4 Å². The van der Waals surface area contributed by atoms with E-state index in [-0.39, 0.29) is 5.41 Å². The second kappa shape index (κ2) is 9.15. The maximum atomic E-state index is 11.5. The number of H-pyrrole nitrogens is 1. The summed E-state index contributed by atoms with van der Waals surface area (Å²) in [6, 6.07) is 16.8. The second-order valence-electron chi connectivity index (χ2n) is 10.3. The number of hydrogen-bond donors (Lipinski definition) is 2. The summed E-state index contributed by atoms with van der Waals surface area (Å²) in [5, 5.41) is 0. The minimum absolute atomic E-state index is 0.128. The Labute approximate surface area is 206 Å². The molecule has 1 saturated heterocycles. The van der Waals surface area contributed by atoms with Gasteiger partial charge in [0.05, 0.1) is 22.3 Å². The van der Waals surface area contributed by atoms with Crippen LogP contribution >= 0.6 is 0 Å². The van der Waals surface area contributed by atoms with Crippen molar-refractivity contribution < 1.29 is 4.79 Å². The van der Waals surface area contributed by atoms with E-state index in [1.165, 1.54) is 17.4 Å². The van der Waals surface area contributed by atoms with Gasteiger partial charge in [-0.2, -0.15) is 0 Å². The first-order valence-electron chi connectivity index (χ1n) is 12.1. The lowest BCUT2D eigenvalue weighted by Crippen LogP contribution is -2.46. The van der Waals surface area contributed by atoms with Crippen molar-refractivity contribution in [3.63, 3.8) is 0 Å². The van der Waals surface area contributed by atoms with Crippen molar-refractivity contribution in [1.29, 1.82) is 0 Å². The molecule has 0 unspecified atom stereocenters. The van der Waals surface area contributed by atoms with Gasteiger partial charge in [0, 0.05) is 50.7 Å². The predicted molar refractivity (Wildman–Crippen MR) is 140 cm³/mol. The number of hydrogen-bond acceptors (Lipinski definition) is 5. The minimum atomic E-state index is -0.443. The summed E-state index contributed by atoms with van der Waals surface area (Å²) in [6.07, 6.45) is 3.32. The van der Waals surface area contributed by atoms with E-state index in [0.29, 0.717) is 5.56 Å². The third kappa shape index (κ3) is 4.91. The molecule has 0 bridgehead atoms. The molecule has 3 N–H and O–H groups in total. The van der Waals surface area contributed by atoms with E-state index in [9.17, 15) is 4.79 Å². The van der Waals surface area contributed by atoms with Crippen molar-refractivity contribution in [3.05, 3.63) is 77.6 Å². The Morgan fingerprint density at radius 3 is 2.46 bits per heavy atom. The molecule has 180 valence electrons. The van der Waals surface area contributed by atoms with Gasteiger partial charge < -0.3 is 15.6 Å². The van der Waals surface area contributed by atoms with Crippen LogP contribution in [0.25, 0.3) is 22.4 Å². The Bertz CT molecular complexity index is 1340. The number of imidazole rings is 1. The van der Waals surface area contributed by atoms with Crippen LogP contribution in [0.2, 0.25) is 0 Å². The Kier molecular flexibility index (Phi) is 6.03. The first-order chi connectivity index (χ1) is 16.8. The molecule has 5 rings (SSSR count). The standard InChI is InChI=1S/C28H32N6O/c1-28(2,3)22-9-7-20(8-10-22)27-31-23-5-4-6-24(25(23)32-27)34-13-11-33(12-14-34)18-19-15-21(26(29)35)17-30-16-19/h4-10,15-17H,11-14,18H2,1-3H3,(H2,29,35)(H,31,32). The molecule has 1 fully saturated rings. The smallest absolute Gasteiger partial charge is 0.250 e. The molecule has 0 radical (unpaired) electrons. The molecule has 35 heavy (non-hydrogen) atoms. The summed E-state index contributed by atoms with van der Waals surface area (Å²) >= 11 is 0. The maximum Gasteiger partial charge on any atom is 0.250 e. The summed E-state index contributed by atoms with van der Waals surface area (Å²) in [6.45, 7) is 11.1. The van der Waals surface area contributed by atoms with E-state index in [1.807, 2.05) is 6.07 Å². The highest BCUT2D eigenvalue weighted by molar-refractivity contribution is 5.92. The molecule has 1 aliphatic heterocycles. The summed E-state index contributed by atoms with van der Waals surface area (Å²) in [5.41, 5.74) is 12.6. The van der Waals surface area contributed by atoms with E-state index in [1.54, 1.807) is 6.20 Å². The number of nitrogens with two attached hydrogens (primary N) is 1. The number of amides is 1. The molecule has 0 spiro atoms. The molecule has 0 saturated carbocycles. The molecule has 0 aliphatic carbocycles. The summed E-state index contributed by atoms with van der Waals surface area (Å²) in [5.74, 6) is 0.453. The van der Waals surface area contributed by atoms with Crippen LogP contribution in [0.1, 0.15) is 42.3 Å². The zero-order chi connectivity index (χ0) is 24.6. The molecule has 4 aromatic rings. The van der Waals surface area contributed by atoms with Crippen LogP contribution in [0.5, 0.6) is 0 Å². The molecular weight excluding hydrogens is 436 g/mol. The van der Waals surface area contributed by atoms with E-state index >= 15 is 0 Å². The fourth-order valence-electron chi connectivity index (χ4n) is 4.66. The number of fused-ring (bicyclic) bond motifs is 1. The first kappa shape index (κ1) is 23.1. The lowest BCUT2D eigenvalue weighted by Gasteiger charge is -2.36. The number of rotatable bonds is 5. The third-order valence-electron chi connectivity index (χ3n) is 6.72. The van der Waals surface area contributed by atoms with Gasteiger partial charge in [-0.15, -0.1) is 0 Å². The van der Waals surface area contributed by atoms with Crippen molar-refractivity contribution in [2.75, 3.05) is 31.1 Å². The van der Waals surface area contributed by atoms with Crippen LogP contribution in [-0.4, -0.2) is 51.9 Å². The molecule has 1 amide bonds. The highest BCUT2D eigenvalue weighted by atomic mass is 16.1. The molecule has 1 aliphatic rings. The van der Waals surface area contributed by atoms with E-state index in [4.69, 9.17) is 10.7 Å². The predicted octanol–water partition coefficient (Wildman–Crippen LogP) is 4.34. The number of piperazine rings is 1. The van der Waals surface area contributed by atoms with Crippen LogP contribution in [0.4, 0.5) is 5.69 Å². The largest absolute Gasteiger partial charge is 0.367 e. The van der Waals surface area contributed by atoms with Gasteiger partial charge in [0.25, 0.3) is 0 Å². The fourth-order valence-corrected chi connectivity index (χ4v) is 4.66. The van der Waals surface area contributed by atoms with E-state index in [2.05, 4.69) is 83.0 Å². The number of anilines is 1. The SMILES string of the molecule is CC(C)(C)c1ccc(-c2nc3cccc(N4CCN(Cc5cncc(C(N)=O)c5)CC4)c3[nH]2)cc1. The lowest BCUT2D eigenvalue weighted by molar-refractivity contribution is 0.0999. The topological polar surface area (TPSA) is 91.1 Å². The van der Waals surface area contributed by atoms with Crippen LogP contribution in [0, 0.1) is 0 Å². The number of aromatic amines is 1. The van der Waals surface area contributed by atoms with Gasteiger partial charge >= 0.3 is 0 Å². The minimum Gasteiger partial charge on any atom is -0.367 e. The average molecular weight is 469 g/mol. The Morgan fingerprint density at radius 2 is 1.77 bits per heavy atom. The number of carbonyl (C=O) groups is 1. The summed E-state index contributed by atoms with van der Waals surface area (Å²) in [7, 11) is 0. The number of nitrogens with zero attached hydrogens (tertiary/aromatic N) is 4. The molecular formula is C28H32N6O. The Morgan fingerprint density at radius 1 is 1.03 bits per heavy atom. The average Bonchev–Trinajstić information content (AvgIpc) is 3.29. The van der Waals surface area contributed by atoms with Gasteiger partial charge in [-0.25, -0.2) is 4.98 Å². The number of primary amides is 1. The van der Waals surface area contributed by atoms with Gasteiger partial charge in [0.15, 0.2) is 0 Å². The zero-order valence-electron chi connectivity index (χ0n) is 20.6. The number of para-hydroxylation sites is 1. The quantitative estimate of drug-likeness (QED) is 0.455. The third-order valence-corrected chi connectivity index (χ3v) is 6.72. The second-order valence-corrected chi connectivity index (χ2v) is 10.3. The van der Waals surface area contributed by atoms with Gasteiger partial charge in [0.2, 0.25) is 5.91 Å². The lowest BCUT2D eigenvalue weighted by atomic mass is 9.87. The maximum absolute atomic E-state index is 11.5. The zero-order valence-corrected chi connectivity index (χ0v) is 20.6. The van der Waals surface area contributed by atoms with Crippen LogP contribution < -0.4 is 10.6 Å². The summed E-state index contributed by atoms with van der Waals surface area (Å²) in [4.78, 5) is 28.9. The Balaban J connectivity index is 1.31. The fraction of sp³-hybridized carbons (Fsp3) is 0.321. The summed E-state index contributed by atoms with van der Waals surface area (Å²) < 4.78 is 0.